The van der Waals surface area contributed by atoms with Crippen LogP contribution in [0.5, 0.6) is 0 Å². The number of nitrogens with zero attached hydrogens (tertiary/aromatic N) is 2. The Labute approximate surface area is 444 Å². The topological polar surface area (TPSA) is 6.48 Å². The van der Waals surface area contributed by atoms with Crippen LogP contribution in [0, 0.1) is 0 Å². The molecule has 0 saturated heterocycles. The lowest BCUT2D eigenvalue weighted by Crippen LogP contribution is -2.13. The highest BCUT2D eigenvalue weighted by atomic mass is 15.2. The van der Waals surface area contributed by atoms with Gasteiger partial charge < -0.3 is 9.80 Å². The van der Waals surface area contributed by atoms with Gasteiger partial charge in [0.2, 0.25) is 0 Å². The molecule has 0 fully saturated rings. The van der Waals surface area contributed by atoms with E-state index < -0.39 is 0 Å². The van der Waals surface area contributed by atoms with Gasteiger partial charge in [0.1, 0.15) is 0 Å². The van der Waals surface area contributed by atoms with E-state index in [4.69, 9.17) is 0 Å². The van der Waals surface area contributed by atoms with Crippen LogP contribution in [0.15, 0.2) is 255 Å². The molecule has 0 atom stereocenters. The van der Waals surface area contributed by atoms with Gasteiger partial charge in [-0.1, -0.05) is 222 Å². The van der Waals surface area contributed by atoms with Crippen molar-refractivity contribution in [1.82, 2.24) is 0 Å². The van der Waals surface area contributed by atoms with Gasteiger partial charge in [-0.15, -0.1) is 0 Å². The zero-order valence-corrected chi connectivity index (χ0v) is 43.3. The fourth-order valence-corrected chi connectivity index (χ4v) is 12.2. The summed E-state index contributed by atoms with van der Waals surface area (Å²) < 4.78 is 0. The monoisotopic (exact) mass is 972 g/mol. The third-order valence-corrected chi connectivity index (χ3v) is 16.1. The molecule has 2 heteroatoms. The highest BCUT2D eigenvalue weighted by Crippen LogP contribution is 2.53. The molecule has 0 aromatic heterocycles. The quantitative estimate of drug-likeness (QED) is 0.126. The van der Waals surface area contributed by atoms with Gasteiger partial charge in [0.15, 0.2) is 0 Å². The van der Waals surface area contributed by atoms with Crippen LogP contribution in [0.25, 0.3) is 97.7 Å². The van der Waals surface area contributed by atoms with Crippen LogP contribution >= 0.6 is 0 Å². The summed E-state index contributed by atoms with van der Waals surface area (Å²) in [4.78, 5) is 5.07. The number of anilines is 6. The van der Waals surface area contributed by atoms with E-state index in [1.54, 1.807) is 0 Å². The molecule has 0 aliphatic rings. The van der Waals surface area contributed by atoms with Gasteiger partial charge in [0, 0.05) is 43.7 Å². The van der Waals surface area contributed by atoms with Gasteiger partial charge in [0.25, 0.3) is 0 Å². The van der Waals surface area contributed by atoms with Crippen LogP contribution in [0.3, 0.4) is 0 Å². The second kappa shape index (κ2) is 18.3. The zero-order chi connectivity index (χ0) is 51.0. The van der Waals surface area contributed by atoms with E-state index in [1.807, 2.05) is 0 Å². The van der Waals surface area contributed by atoms with Crippen molar-refractivity contribution in [2.75, 3.05) is 9.80 Å². The Kier molecular flexibility index (Phi) is 10.9. The molecule has 0 amide bonds. The lowest BCUT2D eigenvalue weighted by Gasteiger charge is -2.32. The van der Waals surface area contributed by atoms with E-state index in [9.17, 15) is 0 Å². The number of hydrogen-bond acceptors (Lipinski definition) is 2. The van der Waals surface area contributed by atoms with Gasteiger partial charge in [-0.25, -0.2) is 0 Å². The molecular formula is C74H56N2. The summed E-state index contributed by atoms with van der Waals surface area (Å²) in [6.07, 6.45) is 0. The molecule has 0 bridgehead atoms. The average molecular weight is 973 g/mol. The predicted octanol–water partition coefficient (Wildman–Crippen LogP) is 21.7. The summed E-state index contributed by atoms with van der Waals surface area (Å²) in [5.74, 6) is 0.809. The van der Waals surface area contributed by atoms with Gasteiger partial charge in [-0.2, -0.15) is 0 Å². The van der Waals surface area contributed by atoms with Crippen molar-refractivity contribution in [2.45, 2.75) is 39.5 Å². The normalized spacial score (nSPS) is 11.9. The maximum absolute atomic E-state index is 2.53. The predicted molar refractivity (Wildman–Crippen MR) is 329 cm³/mol. The highest BCUT2D eigenvalue weighted by molar-refractivity contribution is 6.33. The van der Waals surface area contributed by atoms with Gasteiger partial charge in [-0.3, -0.25) is 0 Å². The second-order valence-electron chi connectivity index (χ2n) is 21.2. The molecule has 0 unspecified atom stereocenters. The fraction of sp³-hybridized carbons (Fsp3) is 0.0811. The SMILES string of the molecule is CC(C)c1ccc(N(c2cccc3ccccc23)c2cc(-c3ccc4ccccc4c3)c3ccc4c(N(c5ccc(C(C)C)cc5)c5cccc6ccccc56)cc(-c5ccc6ccccc6c5)c5ccc2c3c54)cc1. The first-order valence-electron chi connectivity index (χ1n) is 26.9. The first kappa shape index (κ1) is 45.4. The van der Waals surface area contributed by atoms with E-state index in [-0.39, 0.29) is 0 Å². The highest BCUT2D eigenvalue weighted by Gasteiger charge is 2.27. The molecule has 14 aromatic carbocycles. The van der Waals surface area contributed by atoms with Crippen LogP contribution in [0.1, 0.15) is 50.7 Å². The third-order valence-electron chi connectivity index (χ3n) is 16.1. The number of rotatable bonds is 10. The first-order chi connectivity index (χ1) is 37.3. The minimum atomic E-state index is 0.404. The molecule has 0 aliphatic heterocycles. The molecule has 76 heavy (non-hydrogen) atoms. The molecule has 0 spiro atoms. The molecule has 0 N–H and O–H groups in total. The van der Waals surface area contributed by atoms with Crippen LogP contribution in [-0.4, -0.2) is 0 Å². The standard InChI is InChI=1S/C74H56N2/c1-47(2)49-31-35-59(36-32-49)75(69-25-13-21-53-17-9-11-23-61(53)69)71-45-67(57-29-27-51-15-5-7-19-55(51)43-57)63-40-42-66-72(76(60-37-33-50(34-38-60)48(3)4)70-26-14-22-54-18-10-12-24-62(54)70)46-68(64-39-41-65(71)73(63)74(64)66)58-30-28-52-16-6-8-20-56(52)44-58/h5-48H,1-4H3. The van der Waals surface area contributed by atoms with Crippen LogP contribution < -0.4 is 9.80 Å². The summed E-state index contributed by atoms with van der Waals surface area (Å²) in [6, 6.07) is 95.8. The van der Waals surface area contributed by atoms with Crippen molar-refractivity contribution in [3.05, 3.63) is 266 Å². The Balaban J connectivity index is 1.16. The molecular weight excluding hydrogens is 917 g/mol. The van der Waals surface area contributed by atoms with Crippen LogP contribution in [-0.2, 0) is 0 Å². The number of fused-ring (bicyclic) bond motifs is 4. The maximum Gasteiger partial charge on any atom is 0.0547 e. The van der Waals surface area contributed by atoms with Gasteiger partial charge >= 0.3 is 0 Å². The largest absolute Gasteiger partial charge is 0.309 e. The van der Waals surface area contributed by atoms with Crippen molar-refractivity contribution in [3.8, 4) is 22.3 Å². The summed E-state index contributed by atoms with van der Waals surface area (Å²) in [5, 5.41) is 17.0. The van der Waals surface area contributed by atoms with E-state index in [0.717, 1.165) is 34.1 Å². The van der Waals surface area contributed by atoms with E-state index in [1.165, 1.54) is 109 Å². The third kappa shape index (κ3) is 7.55. The Hall–Kier alpha value is -9.24. The summed E-state index contributed by atoms with van der Waals surface area (Å²) in [6.45, 7) is 9.10. The summed E-state index contributed by atoms with van der Waals surface area (Å²) in [7, 11) is 0. The van der Waals surface area contributed by atoms with E-state index in [0.29, 0.717) is 11.8 Å². The molecule has 14 aromatic rings. The smallest absolute Gasteiger partial charge is 0.0547 e. The Bertz CT molecular complexity index is 4220. The van der Waals surface area contributed by atoms with E-state index >= 15 is 0 Å². The molecule has 2 nitrogen and oxygen atoms in total. The zero-order valence-electron chi connectivity index (χ0n) is 43.3. The lowest BCUT2D eigenvalue weighted by atomic mass is 9.84. The minimum Gasteiger partial charge on any atom is -0.309 e. The first-order valence-corrected chi connectivity index (χ1v) is 26.9. The molecule has 0 heterocycles. The van der Waals surface area contributed by atoms with E-state index in [2.05, 4.69) is 292 Å². The van der Waals surface area contributed by atoms with Crippen LogP contribution in [0.2, 0.25) is 0 Å². The van der Waals surface area contributed by atoms with Crippen molar-refractivity contribution < 1.29 is 0 Å². The fourth-order valence-electron chi connectivity index (χ4n) is 12.2. The Morgan fingerprint density at radius 1 is 0.250 bits per heavy atom. The van der Waals surface area contributed by atoms with Crippen molar-refractivity contribution in [3.63, 3.8) is 0 Å². The lowest BCUT2D eigenvalue weighted by molar-refractivity contribution is 0.866. The molecule has 0 aliphatic carbocycles. The van der Waals surface area contributed by atoms with Crippen molar-refractivity contribution >= 4 is 110 Å². The van der Waals surface area contributed by atoms with Gasteiger partial charge in [0.05, 0.1) is 22.7 Å². The number of benzene rings is 14. The maximum atomic E-state index is 2.53. The molecule has 0 radical (unpaired) electrons. The van der Waals surface area contributed by atoms with Gasteiger partial charge in [-0.05, 0) is 149 Å². The summed E-state index contributed by atoms with van der Waals surface area (Å²) >= 11 is 0. The number of hydrogen-bond donors (Lipinski definition) is 0. The molecule has 362 valence electrons. The minimum absolute atomic E-state index is 0.404. The summed E-state index contributed by atoms with van der Waals surface area (Å²) in [5.41, 5.74) is 14.2. The Morgan fingerprint density at radius 2 is 0.605 bits per heavy atom. The van der Waals surface area contributed by atoms with Crippen molar-refractivity contribution in [2.24, 2.45) is 0 Å². The molecule has 0 saturated carbocycles. The van der Waals surface area contributed by atoms with Crippen molar-refractivity contribution in [1.29, 1.82) is 0 Å². The molecule has 14 rings (SSSR count). The second-order valence-corrected chi connectivity index (χ2v) is 21.2. The Morgan fingerprint density at radius 3 is 1.01 bits per heavy atom. The van der Waals surface area contributed by atoms with Crippen LogP contribution in [0.4, 0.5) is 34.1 Å². The average Bonchev–Trinajstić information content (AvgIpc) is 3.57.